The number of carbonyl (C=O) groups excluding carboxylic acids is 1. The smallest absolute Gasteiger partial charge is 0.184 e. The first kappa shape index (κ1) is 7.50. The van der Waals surface area contributed by atoms with Crippen LogP contribution in [0.25, 0.3) is 0 Å². The van der Waals surface area contributed by atoms with Gasteiger partial charge in [-0.2, -0.15) is 0 Å². The second kappa shape index (κ2) is 2.56. The van der Waals surface area contributed by atoms with Gasteiger partial charge in [-0.05, 0) is 7.05 Å². The van der Waals surface area contributed by atoms with Crippen LogP contribution in [-0.2, 0) is 4.79 Å². The molecule has 1 heterocycles. The van der Waals surface area contributed by atoms with E-state index in [1.54, 1.807) is 11.9 Å². The Morgan fingerprint density at radius 3 is 2.60 bits per heavy atom. The lowest BCUT2D eigenvalue weighted by molar-refractivity contribution is -0.891. The summed E-state index contributed by atoms with van der Waals surface area (Å²) >= 11 is 0. The van der Waals surface area contributed by atoms with Crippen LogP contribution in [0.4, 0.5) is 0 Å². The molecule has 0 amide bonds. The lowest BCUT2D eigenvalue weighted by Crippen LogP contribution is -3.13. The van der Waals surface area contributed by atoms with Gasteiger partial charge in [-0.15, -0.1) is 0 Å². The quantitative estimate of drug-likeness (QED) is 0.416. The molecule has 1 saturated heterocycles. The number of likely N-dealkylation sites (N-methyl/N-ethyl adjacent to an activating group) is 2. The Kier molecular flexibility index (Phi) is 1.92. The molecular formula is C6H12N2O2. The van der Waals surface area contributed by atoms with E-state index in [0.717, 1.165) is 18.0 Å². The zero-order chi connectivity index (χ0) is 7.72. The number of carboxylic acids is 1. The number of carbonyl (C=O) groups is 1. The third kappa shape index (κ3) is 1.12. The van der Waals surface area contributed by atoms with Crippen molar-refractivity contribution in [2.24, 2.45) is 0 Å². The van der Waals surface area contributed by atoms with Crippen molar-refractivity contribution in [1.29, 1.82) is 0 Å². The standard InChI is InChI=1S/C6H12N2O2/c1-7-3-4-8(2)5(7)6(9)10/h5H,3-4H2,1-2H3,(H,9,10). The van der Waals surface area contributed by atoms with Crippen molar-refractivity contribution in [1.82, 2.24) is 4.90 Å². The van der Waals surface area contributed by atoms with Crippen molar-refractivity contribution in [2.75, 3.05) is 27.2 Å². The van der Waals surface area contributed by atoms with Crippen molar-refractivity contribution in [3.05, 3.63) is 0 Å². The van der Waals surface area contributed by atoms with Crippen LogP contribution in [0.5, 0.6) is 0 Å². The Morgan fingerprint density at radius 2 is 2.40 bits per heavy atom. The number of hydrogen-bond donors (Lipinski definition) is 1. The molecule has 1 rings (SSSR count). The highest BCUT2D eigenvalue weighted by atomic mass is 16.4. The lowest BCUT2D eigenvalue weighted by Gasteiger charge is -2.21. The number of nitrogens with one attached hydrogen (secondary N) is 1. The number of hydrogen-bond acceptors (Lipinski definition) is 3. The number of nitrogens with zero attached hydrogens (tertiary/aromatic N) is 1. The first-order chi connectivity index (χ1) is 4.63. The van der Waals surface area contributed by atoms with E-state index in [0.29, 0.717) is 0 Å². The molecule has 2 unspecified atom stereocenters. The maximum Gasteiger partial charge on any atom is 0.184 e. The molecule has 1 N–H and O–H groups in total. The molecule has 0 radical (unpaired) electrons. The van der Waals surface area contributed by atoms with Gasteiger partial charge in [0, 0.05) is 0 Å². The van der Waals surface area contributed by atoms with E-state index in [-0.39, 0.29) is 0 Å². The van der Waals surface area contributed by atoms with E-state index in [1.807, 2.05) is 7.05 Å². The predicted molar refractivity (Wildman–Crippen MR) is 33.2 cm³/mol. The lowest BCUT2D eigenvalue weighted by atomic mass is 10.4. The maximum atomic E-state index is 10.4. The molecule has 4 nitrogen and oxygen atoms in total. The molecule has 0 aromatic carbocycles. The molecule has 1 aliphatic rings. The fourth-order valence-corrected chi connectivity index (χ4v) is 1.38. The van der Waals surface area contributed by atoms with Gasteiger partial charge in [0.25, 0.3) is 0 Å². The second-order valence-electron chi connectivity index (χ2n) is 2.80. The summed E-state index contributed by atoms with van der Waals surface area (Å²) in [5.41, 5.74) is 0. The van der Waals surface area contributed by atoms with Gasteiger partial charge >= 0.3 is 0 Å². The Bertz CT molecular complexity index is 139. The van der Waals surface area contributed by atoms with Crippen LogP contribution >= 0.6 is 0 Å². The molecule has 10 heavy (non-hydrogen) atoms. The Morgan fingerprint density at radius 1 is 1.80 bits per heavy atom. The van der Waals surface area contributed by atoms with Crippen LogP contribution in [-0.4, -0.2) is 44.2 Å². The Balaban J connectivity index is 2.63. The third-order valence-electron chi connectivity index (χ3n) is 1.99. The van der Waals surface area contributed by atoms with Crippen molar-refractivity contribution in [3.8, 4) is 0 Å². The minimum absolute atomic E-state index is 0.444. The topological polar surface area (TPSA) is 47.8 Å². The summed E-state index contributed by atoms with van der Waals surface area (Å²) in [6.45, 7) is 1.72. The maximum absolute atomic E-state index is 10.4. The van der Waals surface area contributed by atoms with Crippen LogP contribution in [0, 0.1) is 0 Å². The second-order valence-corrected chi connectivity index (χ2v) is 2.80. The zero-order valence-electron chi connectivity index (χ0n) is 6.26. The fraction of sp³-hybridized carbons (Fsp3) is 0.833. The largest absolute Gasteiger partial charge is 0.543 e. The summed E-state index contributed by atoms with van der Waals surface area (Å²) in [7, 11) is 3.67. The van der Waals surface area contributed by atoms with Gasteiger partial charge in [0.1, 0.15) is 5.97 Å². The van der Waals surface area contributed by atoms with Gasteiger partial charge in [-0.25, -0.2) is 4.90 Å². The molecule has 2 atom stereocenters. The molecule has 0 aromatic heterocycles. The van der Waals surface area contributed by atoms with Crippen molar-refractivity contribution in [2.45, 2.75) is 6.17 Å². The van der Waals surface area contributed by atoms with Gasteiger partial charge in [0.05, 0.1) is 20.1 Å². The molecule has 0 saturated carbocycles. The fourth-order valence-electron chi connectivity index (χ4n) is 1.38. The van der Waals surface area contributed by atoms with Crippen molar-refractivity contribution < 1.29 is 14.8 Å². The van der Waals surface area contributed by atoms with Gasteiger partial charge in [0.2, 0.25) is 0 Å². The van der Waals surface area contributed by atoms with E-state index >= 15 is 0 Å². The Hall–Kier alpha value is -0.610. The van der Waals surface area contributed by atoms with E-state index in [9.17, 15) is 9.90 Å². The van der Waals surface area contributed by atoms with Crippen molar-refractivity contribution in [3.63, 3.8) is 0 Å². The van der Waals surface area contributed by atoms with Gasteiger partial charge < -0.3 is 14.8 Å². The molecule has 4 heteroatoms. The number of rotatable bonds is 1. The van der Waals surface area contributed by atoms with Crippen LogP contribution in [0.3, 0.4) is 0 Å². The normalized spacial score (nSPS) is 34.6. The molecule has 0 bridgehead atoms. The highest BCUT2D eigenvalue weighted by Crippen LogP contribution is 1.90. The molecule has 1 fully saturated rings. The van der Waals surface area contributed by atoms with Gasteiger partial charge in [0.15, 0.2) is 6.17 Å². The van der Waals surface area contributed by atoms with Gasteiger partial charge in [-0.1, -0.05) is 0 Å². The van der Waals surface area contributed by atoms with Crippen LogP contribution in [0.15, 0.2) is 0 Å². The van der Waals surface area contributed by atoms with E-state index < -0.39 is 12.1 Å². The minimum atomic E-state index is -0.975. The SMILES string of the molecule is CN1CC[NH+](C)C1C(=O)[O-]. The average molecular weight is 144 g/mol. The minimum Gasteiger partial charge on any atom is -0.543 e. The molecular weight excluding hydrogens is 132 g/mol. The van der Waals surface area contributed by atoms with Crippen LogP contribution < -0.4 is 10.0 Å². The molecule has 1 aliphatic heterocycles. The Labute approximate surface area is 60.0 Å². The molecule has 0 aliphatic carbocycles. The highest BCUT2D eigenvalue weighted by molar-refractivity contribution is 5.69. The molecule has 58 valence electrons. The van der Waals surface area contributed by atoms with Crippen LogP contribution in [0.1, 0.15) is 0 Å². The average Bonchev–Trinajstić information content (AvgIpc) is 2.11. The molecule has 0 aromatic rings. The van der Waals surface area contributed by atoms with Crippen LogP contribution in [0.2, 0.25) is 0 Å². The monoisotopic (exact) mass is 144 g/mol. The molecule has 0 spiro atoms. The summed E-state index contributed by atoms with van der Waals surface area (Å²) in [6.07, 6.45) is -0.444. The third-order valence-corrected chi connectivity index (χ3v) is 1.99. The van der Waals surface area contributed by atoms with Crippen molar-refractivity contribution >= 4 is 5.97 Å². The number of carboxylic acid groups (broad SMARTS) is 1. The number of quaternary nitrogens is 1. The first-order valence-corrected chi connectivity index (χ1v) is 3.36. The highest BCUT2D eigenvalue weighted by Gasteiger charge is 2.30. The summed E-state index contributed by atoms with van der Waals surface area (Å²) in [6, 6.07) is 0. The van der Waals surface area contributed by atoms with E-state index in [4.69, 9.17) is 0 Å². The summed E-state index contributed by atoms with van der Waals surface area (Å²) in [4.78, 5) is 13.2. The number of aliphatic carboxylic acids is 1. The zero-order valence-corrected chi connectivity index (χ0v) is 6.26. The van der Waals surface area contributed by atoms with Gasteiger partial charge in [-0.3, -0.25) is 0 Å². The van der Waals surface area contributed by atoms with E-state index in [2.05, 4.69) is 0 Å². The predicted octanol–water partition coefficient (Wildman–Crippen LogP) is -3.48. The summed E-state index contributed by atoms with van der Waals surface area (Å²) < 4.78 is 0. The summed E-state index contributed by atoms with van der Waals surface area (Å²) in [5, 5.41) is 10.4. The first-order valence-electron chi connectivity index (χ1n) is 3.36. The van der Waals surface area contributed by atoms with E-state index in [1.165, 1.54) is 0 Å². The summed E-state index contributed by atoms with van der Waals surface area (Å²) in [5.74, 6) is -0.975.